The molecule has 10 heteroatoms. The molecule has 3 aliphatic rings. The van der Waals surface area contributed by atoms with E-state index in [9.17, 15) is 13.2 Å². The zero-order valence-electron chi connectivity index (χ0n) is 17.8. The Morgan fingerprint density at radius 2 is 1.90 bits per heavy atom. The van der Waals surface area contributed by atoms with Crippen LogP contribution in [0.15, 0.2) is 10.6 Å². The lowest BCUT2D eigenvalue weighted by Gasteiger charge is -2.38. The molecule has 0 aromatic carbocycles. The number of aromatic nitrogens is 1. The van der Waals surface area contributed by atoms with Crippen molar-refractivity contribution in [2.24, 2.45) is 0 Å². The van der Waals surface area contributed by atoms with Crippen molar-refractivity contribution in [3.8, 4) is 0 Å². The van der Waals surface area contributed by atoms with E-state index >= 15 is 0 Å². The van der Waals surface area contributed by atoms with Crippen molar-refractivity contribution in [1.29, 1.82) is 0 Å². The van der Waals surface area contributed by atoms with Crippen LogP contribution in [0.3, 0.4) is 0 Å². The van der Waals surface area contributed by atoms with Gasteiger partial charge in [0.2, 0.25) is 10.0 Å². The number of hydrogen-bond donors (Lipinski definition) is 2. The van der Waals surface area contributed by atoms with Gasteiger partial charge in [0.05, 0.1) is 5.75 Å². The summed E-state index contributed by atoms with van der Waals surface area (Å²) in [5.74, 6) is 1.10. The van der Waals surface area contributed by atoms with Gasteiger partial charge in [-0.05, 0) is 52.6 Å². The summed E-state index contributed by atoms with van der Waals surface area (Å²) >= 11 is 0. The van der Waals surface area contributed by atoms with Crippen LogP contribution in [0.4, 0.5) is 0 Å². The molecule has 168 valence electrons. The summed E-state index contributed by atoms with van der Waals surface area (Å²) in [6.07, 6.45) is 5.22. The van der Waals surface area contributed by atoms with Crippen molar-refractivity contribution in [3.63, 3.8) is 0 Å². The second-order valence-corrected chi connectivity index (χ2v) is 11.1. The first kappa shape index (κ1) is 21.7. The van der Waals surface area contributed by atoms with Crippen molar-refractivity contribution >= 4 is 15.9 Å². The number of fused-ring (bicyclic) bond motifs is 2. The summed E-state index contributed by atoms with van der Waals surface area (Å²) in [5.41, 5.74) is 0.322. The Bertz CT molecular complexity index is 837. The SMILES string of the molecule is CN(C)CCNCCS(=O)(=O)N1[C@@H]2CC[C@H]1C[C@@H](NC(=O)c1cc(C3CC3)on1)C2. The van der Waals surface area contributed by atoms with Crippen LogP contribution in [0, 0.1) is 0 Å². The number of sulfonamides is 1. The van der Waals surface area contributed by atoms with Gasteiger partial charge in [0.15, 0.2) is 5.69 Å². The Morgan fingerprint density at radius 1 is 1.20 bits per heavy atom. The van der Waals surface area contributed by atoms with Crippen LogP contribution in [0.5, 0.6) is 0 Å². The second-order valence-electron chi connectivity index (χ2n) is 9.11. The van der Waals surface area contributed by atoms with Gasteiger partial charge in [0, 0.05) is 49.7 Å². The maximum absolute atomic E-state index is 12.9. The van der Waals surface area contributed by atoms with Gasteiger partial charge in [-0.3, -0.25) is 4.79 Å². The predicted molar refractivity (Wildman–Crippen MR) is 113 cm³/mol. The van der Waals surface area contributed by atoms with Gasteiger partial charge in [0.1, 0.15) is 5.76 Å². The average molecular weight is 440 g/mol. The molecule has 2 bridgehead atoms. The summed E-state index contributed by atoms with van der Waals surface area (Å²) in [4.78, 5) is 14.6. The number of nitrogens with zero attached hydrogens (tertiary/aromatic N) is 3. The molecule has 2 N–H and O–H groups in total. The highest BCUT2D eigenvalue weighted by Crippen LogP contribution is 2.40. The Hall–Kier alpha value is -1.49. The molecule has 1 aromatic heterocycles. The molecular formula is C20H33N5O4S. The minimum absolute atomic E-state index is 0.0271. The maximum atomic E-state index is 12.9. The molecule has 9 nitrogen and oxygen atoms in total. The zero-order valence-corrected chi connectivity index (χ0v) is 18.7. The van der Waals surface area contributed by atoms with Crippen LogP contribution in [-0.4, -0.2) is 86.3 Å². The monoisotopic (exact) mass is 439 g/mol. The summed E-state index contributed by atoms with van der Waals surface area (Å²) < 4.78 is 32.9. The number of carbonyl (C=O) groups is 1. The van der Waals surface area contributed by atoms with E-state index in [1.165, 1.54) is 0 Å². The average Bonchev–Trinajstić information content (AvgIpc) is 3.33. The molecule has 0 unspecified atom stereocenters. The largest absolute Gasteiger partial charge is 0.360 e. The van der Waals surface area contributed by atoms with Gasteiger partial charge < -0.3 is 20.1 Å². The Labute approximate surface area is 178 Å². The lowest BCUT2D eigenvalue weighted by molar-refractivity contribution is 0.0900. The first-order valence-corrected chi connectivity index (χ1v) is 12.6. The summed E-state index contributed by atoms with van der Waals surface area (Å²) in [7, 11) is 0.681. The molecule has 1 aromatic rings. The number of amides is 1. The number of carbonyl (C=O) groups excluding carboxylic acids is 1. The van der Waals surface area contributed by atoms with E-state index in [2.05, 4.69) is 20.7 Å². The van der Waals surface area contributed by atoms with E-state index in [4.69, 9.17) is 4.52 Å². The smallest absolute Gasteiger partial charge is 0.273 e. The van der Waals surface area contributed by atoms with E-state index < -0.39 is 10.0 Å². The lowest BCUT2D eigenvalue weighted by atomic mass is 9.99. The first-order valence-electron chi connectivity index (χ1n) is 11.0. The van der Waals surface area contributed by atoms with Crippen molar-refractivity contribution in [2.75, 3.05) is 39.5 Å². The first-order chi connectivity index (χ1) is 14.3. The van der Waals surface area contributed by atoms with Crippen LogP contribution in [-0.2, 0) is 10.0 Å². The molecule has 1 amide bonds. The summed E-state index contributed by atoms with van der Waals surface area (Å²) in [6.45, 7) is 2.11. The summed E-state index contributed by atoms with van der Waals surface area (Å²) in [5, 5.41) is 10.2. The number of hydrogen-bond acceptors (Lipinski definition) is 7. The molecule has 0 spiro atoms. The lowest BCUT2D eigenvalue weighted by Crippen LogP contribution is -2.53. The third-order valence-corrected chi connectivity index (χ3v) is 8.29. The molecule has 1 saturated carbocycles. The van der Waals surface area contributed by atoms with E-state index in [0.29, 0.717) is 31.0 Å². The normalized spacial score (nSPS) is 27.0. The summed E-state index contributed by atoms with van der Waals surface area (Å²) in [6, 6.07) is 1.66. The molecule has 2 aliphatic heterocycles. The van der Waals surface area contributed by atoms with Gasteiger partial charge >= 0.3 is 0 Å². The molecular weight excluding hydrogens is 406 g/mol. The van der Waals surface area contributed by atoms with Gasteiger partial charge in [-0.1, -0.05) is 5.16 Å². The van der Waals surface area contributed by atoms with Crippen molar-refractivity contribution in [3.05, 3.63) is 17.5 Å². The molecule has 3 atom stereocenters. The highest BCUT2D eigenvalue weighted by molar-refractivity contribution is 7.89. The molecule has 3 heterocycles. The highest BCUT2D eigenvalue weighted by atomic mass is 32.2. The number of nitrogens with one attached hydrogen (secondary N) is 2. The van der Waals surface area contributed by atoms with E-state index in [-0.39, 0.29) is 29.8 Å². The fourth-order valence-electron chi connectivity index (χ4n) is 4.66. The molecule has 30 heavy (non-hydrogen) atoms. The van der Waals surface area contributed by atoms with Crippen LogP contribution in [0.2, 0.25) is 0 Å². The van der Waals surface area contributed by atoms with Crippen LogP contribution >= 0.6 is 0 Å². The highest BCUT2D eigenvalue weighted by Gasteiger charge is 2.46. The Kier molecular flexibility index (Phi) is 6.47. The van der Waals surface area contributed by atoms with E-state index in [1.54, 1.807) is 10.4 Å². The standard InChI is InChI=1S/C20H33N5O4S/c1-24(2)9-7-21-8-10-30(27,28)25-16-5-6-17(25)12-15(11-16)22-20(26)18-13-19(29-23-18)14-3-4-14/h13-17,21H,3-12H2,1-2H3,(H,22,26)/t15-,16+,17-. The zero-order chi connectivity index (χ0) is 21.3. The van der Waals surface area contributed by atoms with Crippen LogP contribution < -0.4 is 10.6 Å². The van der Waals surface area contributed by atoms with Crippen molar-refractivity contribution in [1.82, 2.24) is 25.0 Å². The molecule has 0 radical (unpaired) electrons. The van der Waals surface area contributed by atoms with Gasteiger partial charge in [-0.25, -0.2) is 8.42 Å². The Morgan fingerprint density at radius 3 is 2.53 bits per heavy atom. The van der Waals surface area contributed by atoms with Crippen LogP contribution in [0.1, 0.15) is 60.7 Å². The second kappa shape index (κ2) is 8.94. The van der Waals surface area contributed by atoms with Gasteiger partial charge in [-0.15, -0.1) is 0 Å². The third-order valence-electron chi connectivity index (χ3n) is 6.34. The minimum atomic E-state index is -3.31. The third kappa shape index (κ3) is 5.04. The van der Waals surface area contributed by atoms with E-state index in [0.717, 1.165) is 44.5 Å². The predicted octanol–water partition coefficient (Wildman–Crippen LogP) is 0.758. The minimum Gasteiger partial charge on any atom is -0.360 e. The van der Waals surface area contributed by atoms with E-state index in [1.807, 2.05) is 14.1 Å². The van der Waals surface area contributed by atoms with Gasteiger partial charge in [0.25, 0.3) is 5.91 Å². The quantitative estimate of drug-likeness (QED) is 0.518. The molecule has 4 rings (SSSR count). The maximum Gasteiger partial charge on any atom is 0.273 e. The molecule has 3 fully saturated rings. The molecule has 2 saturated heterocycles. The molecule has 1 aliphatic carbocycles. The fraction of sp³-hybridized carbons (Fsp3) is 0.800. The van der Waals surface area contributed by atoms with Crippen molar-refractivity contribution in [2.45, 2.75) is 62.6 Å². The van der Waals surface area contributed by atoms with Crippen LogP contribution in [0.25, 0.3) is 0 Å². The number of rotatable bonds is 10. The Balaban J connectivity index is 1.28. The fourth-order valence-corrected chi connectivity index (χ4v) is 6.56. The number of piperidine rings is 1. The number of likely N-dealkylation sites (N-methyl/N-ethyl adjacent to an activating group) is 1. The van der Waals surface area contributed by atoms with Gasteiger partial charge in [-0.2, -0.15) is 4.31 Å². The topological polar surface area (TPSA) is 108 Å². The van der Waals surface area contributed by atoms with Crippen molar-refractivity contribution < 1.29 is 17.7 Å².